The van der Waals surface area contributed by atoms with Gasteiger partial charge in [0.2, 0.25) is 0 Å². The minimum absolute atomic E-state index is 0.0147. The Hall–Kier alpha value is -1.56. The molecule has 0 fully saturated rings. The first-order valence-corrected chi connectivity index (χ1v) is 8.57. The van der Waals surface area contributed by atoms with Crippen molar-refractivity contribution < 1.29 is 27.4 Å². The molecule has 0 radical (unpaired) electrons. The Morgan fingerprint density at radius 3 is 2.28 bits per heavy atom. The summed E-state index contributed by atoms with van der Waals surface area (Å²) in [5, 5.41) is 0. The van der Waals surface area contributed by atoms with Gasteiger partial charge in [0.25, 0.3) is 0 Å². The largest absolute Gasteiger partial charge is 0.493 e. The lowest BCUT2D eigenvalue weighted by atomic mass is 10.00. The fourth-order valence-corrected chi connectivity index (χ4v) is 2.08. The molecule has 3 nitrogen and oxygen atoms in total. The fourth-order valence-electron chi connectivity index (χ4n) is 2.08. The molecule has 6 heteroatoms. The Kier molecular flexibility index (Phi) is 8.42. The van der Waals surface area contributed by atoms with E-state index in [4.69, 9.17) is 9.47 Å². The predicted octanol–water partition coefficient (Wildman–Crippen LogP) is 5.23. The lowest BCUT2D eigenvalue weighted by molar-refractivity contribution is -0.139. The van der Waals surface area contributed by atoms with Gasteiger partial charge in [0.15, 0.2) is 5.78 Å². The highest BCUT2D eigenvalue weighted by atomic mass is 19.4. The SMILES string of the molecule is CC(C)C(=O)COCCCCOc1ccc(C(C)C)cc1C(F)(F)F. The molecule has 0 aromatic heterocycles. The monoisotopic (exact) mass is 360 g/mol. The van der Waals surface area contributed by atoms with E-state index in [2.05, 4.69) is 0 Å². The fraction of sp³-hybridized carbons (Fsp3) is 0.632. The van der Waals surface area contributed by atoms with Gasteiger partial charge in [-0.1, -0.05) is 33.8 Å². The van der Waals surface area contributed by atoms with Crippen LogP contribution in [0, 0.1) is 5.92 Å². The van der Waals surface area contributed by atoms with Crippen LogP contribution in [-0.4, -0.2) is 25.6 Å². The van der Waals surface area contributed by atoms with Crippen molar-refractivity contribution in [2.75, 3.05) is 19.8 Å². The van der Waals surface area contributed by atoms with E-state index in [-0.39, 0.29) is 36.6 Å². The third-order valence-corrected chi connectivity index (χ3v) is 3.80. The highest BCUT2D eigenvalue weighted by molar-refractivity contribution is 5.81. The maximum atomic E-state index is 13.2. The number of benzene rings is 1. The molecule has 1 aromatic rings. The number of halogens is 3. The maximum absolute atomic E-state index is 13.2. The molecule has 0 bridgehead atoms. The van der Waals surface area contributed by atoms with Gasteiger partial charge in [-0.05, 0) is 36.5 Å². The molecule has 0 aliphatic heterocycles. The van der Waals surface area contributed by atoms with Crippen LogP contribution in [0.5, 0.6) is 5.75 Å². The van der Waals surface area contributed by atoms with Crippen molar-refractivity contribution in [1.29, 1.82) is 0 Å². The van der Waals surface area contributed by atoms with Gasteiger partial charge in [-0.3, -0.25) is 4.79 Å². The van der Waals surface area contributed by atoms with E-state index in [0.29, 0.717) is 25.0 Å². The predicted molar refractivity (Wildman–Crippen MR) is 90.9 cm³/mol. The molecule has 0 saturated carbocycles. The first-order valence-electron chi connectivity index (χ1n) is 8.57. The molecule has 1 aromatic carbocycles. The number of ether oxygens (including phenoxy) is 2. The van der Waals surface area contributed by atoms with Crippen molar-refractivity contribution in [3.8, 4) is 5.75 Å². The topological polar surface area (TPSA) is 35.5 Å². The Labute approximate surface area is 147 Å². The summed E-state index contributed by atoms with van der Waals surface area (Å²) < 4.78 is 50.1. The van der Waals surface area contributed by atoms with E-state index in [1.807, 2.05) is 27.7 Å². The van der Waals surface area contributed by atoms with Crippen LogP contribution in [0.3, 0.4) is 0 Å². The summed E-state index contributed by atoms with van der Waals surface area (Å²) in [5.41, 5.74) is -0.111. The zero-order valence-corrected chi connectivity index (χ0v) is 15.3. The molecule has 0 heterocycles. The minimum atomic E-state index is -4.44. The number of Topliss-reactive ketones (excluding diaryl/α,β-unsaturated/α-hetero) is 1. The van der Waals surface area contributed by atoms with Gasteiger partial charge in [0.05, 0.1) is 12.2 Å². The molecule has 0 spiro atoms. The number of rotatable bonds is 10. The number of hydrogen-bond donors (Lipinski definition) is 0. The van der Waals surface area contributed by atoms with E-state index < -0.39 is 11.7 Å². The van der Waals surface area contributed by atoms with Crippen LogP contribution in [-0.2, 0) is 15.7 Å². The van der Waals surface area contributed by atoms with Crippen molar-refractivity contribution in [3.63, 3.8) is 0 Å². The van der Waals surface area contributed by atoms with Crippen LogP contribution in [0.25, 0.3) is 0 Å². The summed E-state index contributed by atoms with van der Waals surface area (Å²) in [5.74, 6) is -0.150. The van der Waals surface area contributed by atoms with E-state index in [1.165, 1.54) is 6.07 Å². The summed E-state index contributed by atoms with van der Waals surface area (Å²) in [6.07, 6.45) is -3.27. The van der Waals surface area contributed by atoms with Crippen molar-refractivity contribution in [2.24, 2.45) is 5.92 Å². The van der Waals surface area contributed by atoms with Crippen molar-refractivity contribution in [1.82, 2.24) is 0 Å². The number of carbonyl (C=O) groups excluding carboxylic acids is 1. The quantitative estimate of drug-likeness (QED) is 0.536. The summed E-state index contributed by atoms with van der Waals surface area (Å²) in [4.78, 5) is 11.4. The van der Waals surface area contributed by atoms with Crippen LogP contribution in [0.1, 0.15) is 57.6 Å². The van der Waals surface area contributed by atoms with Crippen LogP contribution < -0.4 is 4.74 Å². The van der Waals surface area contributed by atoms with E-state index in [9.17, 15) is 18.0 Å². The Bertz CT molecular complexity index is 551. The van der Waals surface area contributed by atoms with Gasteiger partial charge in [0.1, 0.15) is 12.4 Å². The van der Waals surface area contributed by atoms with Gasteiger partial charge >= 0.3 is 6.18 Å². The number of carbonyl (C=O) groups is 1. The normalized spacial score (nSPS) is 12.0. The van der Waals surface area contributed by atoms with E-state index in [0.717, 1.165) is 6.07 Å². The average molecular weight is 360 g/mol. The lowest BCUT2D eigenvalue weighted by Crippen LogP contribution is -2.15. The van der Waals surface area contributed by atoms with Crippen LogP contribution >= 0.6 is 0 Å². The van der Waals surface area contributed by atoms with Crippen molar-refractivity contribution in [2.45, 2.75) is 52.6 Å². The standard InChI is InChI=1S/C19H27F3O3/c1-13(2)15-7-8-18(16(11-15)19(20,21)22)25-10-6-5-9-24-12-17(23)14(3)4/h7-8,11,13-14H,5-6,9-10,12H2,1-4H3. The first-order chi connectivity index (χ1) is 11.6. The molecule has 0 amide bonds. The molecule has 142 valence electrons. The van der Waals surface area contributed by atoms with Crippen LogP contribution in [0.4, 0.5) is 13.2 Å². The van der Waals surface area contributed by atoms with Gasteiger partial charge in [-0.25, -0.2) is 0 Å². The Morgan fingerprint density at radius 1 is 1.08 bits per heavy atom. The summed E-state index contributed by atoms with van der Waals surface area (Å²) in [7, 11) is 0. The third-order valence-electron chi connectivity index (χ3n) is 3.80. The summed E-state index contributed by atoms with van der Waals surface area (Å²) in [6.45, 7) is 7.95. The Balaban J connectivity index is 2.46. The molecule has 1 rings (SSSR count). The van der Waals surface area contributed by atoms with E-state index >= 15 is 0 Å². The molecule has 0 saturated heterocycles. The molecule has 25 heavy (non-hydrogen) atoms. The zero-order chi connectivity index (χ0) is 19.0. The van der Waals surface area contributed by atoms with Gasteiger partial charge in [-0.2, -0.15) is 13.2 Å². The smallest absolute Gasteiger partial charge is 0.419 e. The van der Waals surface area contributed by atoms with Crippen molar-refractivity contribution >= 4 is 5.78 Å². The van der Waals surface area contributed by atoms with Crippen LogP contribution in [0.15, 0.2) is 18.2 Å². The van der Waals surface area contributed by atoms with Crippen molar-refractivity contribution in [3.05, 3.63) is 29.3 Å². The second-order valence-electron chi connectivity index (χ2n) is 6.64. The summed E-state index contributed by atoms with van der Waals surface area (Å²) in [6, 6.07) is 4.20. The molecular weight excluding hydrogens is 333 g/mol. The number of ketones is 1. The second-order valence-corrected chi connectivity index (χ2v) is 6.64. The number of unbranched alkanes of at least 4 members (excludes halogenated alkanes) is 1. The van der Waals surface area contributed by atoms with E-state index in [1.54, 1.807) is 6.07 Å². The molecule has 0 unspecified atom stereocenters. The van der Waals surface area contributed by atoms with Gasteiger partial charge < -0.3 is 9.47 Å². The number of alkyl halides is 3. The lowest BCUT2D eigenvalue weighted by Gasteiger charge is -2.16. The molecule has 0 aliphatic carbocycles. The molecule has 0 N–H and O–H groups in total. The molecular formula is C19H27F3O3. The molecule has 0 atom stereocenters. The zero-order valence-electron chi connectivity index (χ0n) is 15.3. The Morgan fingerprint density at radius 2 is 1.72 bits per heavy atom. The second kappa shape index (κ2) is 9.80. The number of hydrogen-bond acceptors (Lipinski definition) is 3. The van der Waals surface area contributed by atoms with Gasteiger partial charge in [-0.15, -0.1) is 0 Å². The molecule has 0 aliphatic rings. The average Bonchev–Trinajstić information content (AvgIpc) is 2.52. The highest BCUT2D eigenvalue weighted by Gasteiger charge is 2.34. The summed E-state index contributed by atoms with van der Waals surface area (Å²) >= 11 is 0. The van der Waals surface area contributed by atoms with Gasteiger partial charge in [0, 0.05) is 12.5 Å². The minimum Gasteiger partial charge on any atom is -0.493 e. The maximum Gasteiger partial charge on any atom is 0.419 e. The highest BCUT2D eigenvalue weighted by Crippen LogP contribution is 2.38. The van der Waals surface area contributed by atoms with Crippen LogP contribution in [0.2, 0.25) is 0 Å². The third kappa shape index (κ3) is 7.46. The first kappa shape index (κ1) is 21.5.